The van der Waals surface area contributed by atoms with Gasteiger partial charge in [0, 0.05) is 38.8 Å². The monoisotopic (exact) mass is 393 g/mol. The summed E-state index contributed by atoms with van der Waals surface area (Å²) in [6.07, 6.45) is 2.29. The van der Waals surface area contributed by atoms with Crippen LogP contribution in [0.2, 0.25) is 0 Å². The van der Waals surface area contributed by atoms with Gasteiger partial charge >= 0.3 is 0 Å². The Labute approximate surface area is 171 Å². The zero-order valence-electron chi connectivity index (χ0n) is 16.8. The first-order chi connectivity index (χ1) is 14.2. The molecule has 0 aromatic heterocycles. The summed E-state index contributed by atoms with van der Waals surface area (Å²) in [5, 5.41) is 0. The van der Waals surface area contributed by atoms with E-state index >= 15 is 0 Å². The Morgan fingerprint density at radius 1 is 0.966 bits per heavy atom. The number of fused-ring (bicyclic) bond motifs is 1. The molecule has 0 bridgehead atoms. The van der Waals surface area contributed by atoms with E-state index in [0.29, 0.717) is 6.67 Å². The number of carbonyl (C=O) groups excluding carboxylic acids is 1. The number of likely N-dealkylation sites (tertiary alicyclic amines) is 1. The number of piperidine rings is 1. The number of hydrogen-bond donors (Lipinski definition) is 0. The molecule has 6 heteroatoms. The molecule has 2 saturated heterocycles. The Morgan fingerprint density at radius 2 is 1.59 bits per heavy atom. The summed E-state index contributed by atoms with van der Waals surface area (Å²) in [5.74, 6) is 1.90. The second kappa shape index (κ2) is 7.26. The van der Waals surface area contributed by atoms with Crippen LogP contribution in [-0.4, -0.2) is 60.9 Å². The number of ether oxygens (including phenoxy) is 2. The highest BCUT2D eigenvalue weighted by molar-refractivity contribution is 5.93. The molecule has 6 nitrogen and oxygen atoms in total. The average molecular weight is 393 g/mol. The van der Waals surface area contributed by atoms with Gasteiger partial charge in [0.05, 0.1) is 6.67 Å². The van der Waals surface area contributed by atoms with Crippen molar-refractivity contribution in [3.8, 4) is 11.5 Å². The Kier molecular flexibility index (Phi) is 4.59. The number of rotatable bonds is 4. The van der Waals surface area contributed by atoms with Gasteiger partial charge in [0.25, 0.3) is 0 Å². The van der Waals surface area contributed by atoms with Gasteiger partial charge in [-0.25, -0.2) is 0 Å². The van der Waals surface area contributed by atoms with Crippen molar-refractivity contribution < 1.29 is 14.3 Å². The van der Waals surface area contributed by atoms with E-state index in [-0.39, 0.29) is 12.2 Å². The first-order valence-electron chi connectivity index (χ1n) is 10.4. The highest BCUT2D eigenvalue weighted by Crippen LogP contribution is 2.39. The van der Waals surface area contributed by atoms with Crippen LogP contribution in [0.3, 0.4) is 0 Å². The van der Waals surface area contributed by atoms with Crippen molar-refractivity contribution in [1.82, 2.24) is 9.80 Å². The molecule has 3 aliphatic heterocycles. The molecule has 1 spiro atoms. The minimum Gasteiger partial charge on any atom is -0.451 e. The van der Waals surface area contributed by atoms with Gasteiger partial charge in [-0.1, -0.05) is 30.3 Å². The Bertz CT molecular complexity index is 855. The number of nitrogens with zero attached hydrogens (tertiary/aromatic N) is 3. The van der Waals surface area contributed by atoms with E-state index in [2.05, 4.69) is 21.9 Å². The molecule has 152 valence electrons. The number of carbonyl (C=O) groups is 1. The number of likely N-dealkylation sites (N-methyl/N-ethyl adjacent to an activating group) is 1. The van der Waals surface area contributed by atoms with Crippen LogP contribution >= 0.6 is 0 Å². The fraction of sp³-hybridized carbons (Fsp3) is 0.435. The smallest absolute Gasteiger partial charge is 0.249 e. The van der Waals surface area contributed by atoms with Crippen LogP contribution in [0.5, 0.6) is 11.5 Å². The largest absolute Gasteiger partial charge is 0.451 e. The summed E-state index contributed by atoms with van der Waals surface area (Å²) >= 11 is 0. The average Bonchev–Trinajstić information content (AvgIpc) is 3.29. The van der Waals surface area contributed by atoms with Gasteiger partial charge in [-0.2, -0.15) is 0 Å². The highest BCUT2D eigenvalue weighted by atomic mass is 16.7. The number of hydrogen-bond acceptors (Lipinski definition) is 5. The zero-order chi connectivity index (χ0) is 19.8. The molecule has 2 aromatic carbocycles. The van der Waals surface area contributed by atoms with Crippen molar-refractivity contribution in [2.24, 2.45) is 0 Å². The maximum Gasteiger partial charge on any atom is 0.249 e. The highest BCUT2D eigenvalue weighted by Gasteiger charge is 2.52. The minimum atomic E-state index is -0.413. The predicted molar refractivity (Wildman–Crippen MR) is 111 cm³/mol. The number of amides is 1. The van der Waals surface area contributed by atoms with E-state index in [1.165, 1.54) is 0 Å². The summed E-state index contributed by atoms with van der Waals surface area (Å²) in [7, 11) is 1.91. The molecule has 0 aliphatic carbocycles. The summed E-state index contributed by atoms with van der Waals surface area (Å²) in [6.45, 7) is 3.38. The van der Waals surface area contributed by atoms with Crippen molar-refractivity contribution in [2.75, 3.05) is 38.3 Å². The molecular formula is C23H27N3O3. The first-order valence-corrected chi connectivity index (χ1v) is 10.4. The Hall–Kier alpha value is -2.73. The molecule has 2 aromatic rings. The summed E-state index contributed by atoms with van der Waals surface area (Å²) in [5.41, 5.74) is 0.715. The molecule has 0 atom stereocenters. The topological polar surface area (TPSA) is 45.2 Å². The predicted octanol–water partition coefficient (Wildman–Crippen LogP) is 2.94. The Morgan fingerprint density at radius 3 is 2.24 bits per heavy atom. The molecule has 5 rings (SSSR count). The summed E-state index contributed by atoms with van der Waals surface area (Å²) < 4.78 is 11.8. The van der Waals surface area contributed by atoms with Gasteiger partial charge in [-0.3, -0.25) is 4.79 Å². The molecule has 0 radical (unpaired) electrons. The van der Waals surface area contributed by atoms with E-state index in [9.17, 15) is 4.79 Å². The van der Waals surface area contributed by atoms with Crippen LogP contribution in [0, 0.1) is 0 Å². The van der Waals surface area contributed by atoms with E-state index in [1.807, 2.05) is 54.4 Å². The van der Waals surface area contributed by atoms with Crippen molar-refractivity contribution in [1.29, 1.82) is 0 Å². The molecule has 29 heavy (non-hydrogen) atoms. The molecule has 2 fully saturated rings. The van der Waals surface area contributed by atoms with Gasteiger partial charge in [0.15, 0.2) is 11.5 Å². The van der Waals surface area contributed by atoms with Gasteiger partial charge in [-0.05, 0) is 37.1 Å². The molecule has 0 saturated carbocycles. The lowest BCUT2D eigenvalue weighted by Gasteiger charge is -2.43. The van der Waals surface area contributed by atoms with E-state index in [0.717, 1.165) is 56.1 Å². The van der Waals surface area contributed by atoms with Crippen molar-refractivity contribution in [3.05, 3.63) is 54.6 Å². The fourth-order valence-corrected chi connectivity index (χ4v) is 4.81. The fourth-order valence-electron chi connectivity index (χ4n) is 4.81. The standard InChI is InChI=1S/C23H27N3O3/c1-24-17-26(18-7-3-2-4-8-18)23(22(24)27)12-15-25(16-13-23)14-11-21-28-19-9-5-6-10-20(19)29-21/h2-10,21H,11-17H2,1H3. The van der Waals surface area contributed by atoms with Gasteiger partial charge in [-0.15, -0.1) is 0 Å². The second-order valence-corrected chi connectivity index (χ2v) is 8.18. The van der Waals surface area contributed by atoms with Crippen LogP contribution < -0.4 is 14.4 Å². The molecule has 1 amide bonds. The van der Waals surface area contributed by atoms with E-state index in [4.69, 9.17) is 9.47 Å². The maximum absolute atomic E-state index is 13.1. The van der Waals surface area contributed by atoms with Gasteiger partial charge < -0.3 is 24.2 Å². The summed E-state index contributed by atoms with van der Waals surface area (Å²) in [6, 6.07) is 18.1. The first kappa shape index (κ1) is 18.3. The lowest BCUT2D eigenvalue weighted by molar-refractivity contribution is -0.132. The Balaban J connectivity index is 1.21. The van der Waals surface area contributed by atoms with Gasteiger partial charge in [0.1, 0.15) is 5.54 Å². The van der Waals surface area contributed by atoms with Crippen molar-refractivity contribution >= 4 is 11.6 Å². The quantitative estimate of drug-likeness (QED) is 0.799. The third-order valence-electron chi connectivity index (χ3n) is 6.41. The van der Waals surface area contributed by atoms with Crippen LogP contribution in [0.15, 0.2) is 54.6 Å². The number of para-hydroxylation sites is 3. The number of benzene rings is 2. The SMILES string of the molecule is CN1CN(c2ccccc2)C2(CCN(CCC3Oc4ccccc4O3)CC2)C1=O. The third-order valence-corrected chi connectivity index (χ3v) is 6.41. The molecule has 0 unspecified atom stereocenters. The van der Waals surface area contributed by atoms with E-state index in [1.54, 1.807) is 0 Å². The van der Waals surface area contributed by atoms with Gasteiger partial charge in [0.2, 0.25) is 12.2 Å². The zero-order valence-corrected chi connectivity index (χ0v) is 16.8. The molecular weight excluding hydrogens is 366 g/mol. The minimum absolute atomic E-state index is 0.219. The van der Waals surface area contributed by atoms with Crippen LogP contribution in [-0.2, 0) is 4.79 Å². The number of anilines is 1. The molecule has 3 aliphatic rings. The van der Waals surface area contributed by atoms with E-state index < -0.39 is 5.54 Å². The lowest BCUT2D eigenvalue weighted by atomic mass is 9.85. The lowest BCUT2D eigenvalue weighted by Crippen LogP contribution is -2.56. The van der Waals surface area contributed by atoms with Crippen LogP contribution in [0.1, 0.15) is 19.3 Å². The third kappa shape index (κ3) is 3.21. The second-order valence-electron chi connectivity index (χ2n) is 8.18. The van der Waals surface area contributed by atoms with Crippen molar-refractivity contribution in [3.63, 3.8) is 0 Å². The summed E-state index contributed by atoms with van der Waals surface area (Å²) in [4.78, 5) is 19.7. The molecule has 3 heterocycles. The maximum atomic E-state index is 13.1. The van der Waals surface area contributed by atoms with Crippen LogP contribution in [0.4, 0.5) is 5.69 Å². The molecule has 0 N–H and O–H groups in total. The van der Waals surface area contributed by atoms with Crippen molar-refractivity contribution in [2.45, 2.75) is 31.1 Å². The normalized spacial score (nSPS) is 21.3. The van der Waals surface area contributed by atoms with Crippen LogP contribution in [0.25, 0.3) is 0 Å².